The van der Waals surface area contributed by atoms with Gasteiger partial charge in [0, 0.05) is 31.9 Å². The molecule has 5 N–H and O–H groups in total. The highest BCUT2D eigenvalue weighted by atomic mass is 16.1. The molecule has 0 aliphatic carbocycles. The Morgan fingerprint density at radius 2 is 1.94 bits per heavy atom. The van der Waals surface area contributed by atoms with E-state index >= 15 is 0 Å². The summed E-state index contributed by atoms with van der Waals surface area (Å²) in [5.41, 5.74) is 15.9. The van der Waals surface area contributed by atoms with Gasteiger partial charge in [0.2, 0.25) is 0 Å². The first kappa shape index (κ1) is 12.7. The SMILES string of the molecule is CN1CCN(Nc2ccc(N)cc2C(N)=O)CC1. The molecule has 1 saturated heterocycles. The number of carbonyl (C=O) groups excluding carboxylic acids is 1. The van der Waals surface area contributed by atoms with Crippen molar-refractivity contribution in [2.45, 2.75) is 0 Å². The number of nitrogens with one attached hydrogen (secondary N) is 1. The number of amides is 1. The molecule has 6 nitrogen and oxygen atoms in total. The molecule has 1 amide bonds. The molecule has 1 aromatic carbocycles. The van der Waals surface area contributed by atoms with Crippen molar-refractivity contribution in [3.63, 3.8) is 0 Å². The van der Waals surface area contributed by atoms with Crippen LogP contribution in [0, 0.1) is 0 Å². The zero-order valence-corrected chi connectivity index (χ0v) is 10.5. The number of nitrogens with zero attached hydrogens (tertiary/aromatic N) is 2. The lowest BCUT2D eigenvalue weighted by molar-refractivity contribution is 0.100. The zero-order valence-electron chi connectivity index (χ0n) is 10.5. The van der Waals surface area contributed by atoms with Crippen LogP contribution >= 0.6 is 0 Å². The molecule has 0 spiro atoms. The quantitative estimate of drug-likeness (QED) is 0.653. The monoisotopic (exact) mass is 249 g/mol. The first-order valence-electron chi connectivity index (χ1n) is 5.96. The average molecular weight is 249 g/mol. The Kier molecular flexibility index (Phi) is 3.69. The Labute approximate surface area is 106 Å². The van der Waals surface area contributed by atoms with Crippen LogP contribution in [0.3, 0.4) is 0 Å². The number of hydrazine groups is 1. The van der Waals surface area contributed by atoms with E-state index in [1.54, 1.807) is 18.2 Å². The second-order valence-corrected chi connectivity index (χ2v) is 4.57. The predicted octanol–water partition coefficient (Wildman–Crippen LogP) is -0.0580. The third kappa shape index (κ3) is 2.91. The predicted molar refractivity (Wildman–Crippen MR) is 72.1 cm³/mol. The maximum Gasteiger partial charge on any atom is 0.250 e. The Morgan fingerprint density at radius 3 is 2.56 bits per heavy atom. The van der Waals surface area contributed by atoms with Crippen LogP contribution in [0.1, 0.15) is 10.4 Å². The minimum atomic E-state index is -0.473. The first-order chi connectivity index (χ1) is 8.56. The highest BCUT2D eigenvalue weighted by Crippen LogP contribution is 2.19. The summed E-state index contributed by atoms with van der Waals surface area (Å²) in [5.74, 6) is -0.473. The maximum atomic E-state index is 11.4. The van der Waals surface area contributed by atoms with Crippen molar-refractivity contribution in [3.8, 4) is 0 Å². The van der Waals surface area contributed by atoms with Gasteiger partial charge in [0.05, 0.1) is 11.3 Å². The lowest BCUT2D eigenvalue weighted by Crippen LogP contribution is -2.47. The number of piperazine rings is 1. The summed E-state index contributed by atoms with van der Waals surface area (Å²) in [6.45, 7) is 3.79. The van der Waals surface area contributed by atoms with Gasteiger partial charge in [-0.3, -0.25) is 4.79 Å². The molecule has 1 aromatic rings. The topological polar surface area (TPSA) is 87.6 Å². The third-order valence-electron chi connectivity index (χ3n) is 3.09. The van der Waals surface area contributed by atoms with Crippen LogP contribution < -0.4 is 16.9 Å². The summed E-state index contributed by atoms with van der Waals surface area (Å²) >= 11 is 0. The second-order valence-electron chi connectivity index (χ2n) is 4.57. The summed E-state index contributed by atoms with van der Waals surface area (Å²) in [7, 11) is 2.09. The Morgan fingerprint density at radius 1 is 1.28 bits per heavy atom. The van der Waals surface area contributed by atoms with Crippen LogP contribution in [-0.2, 0) is 0 Å². The minimum absolute atomic E-state index is 0.425. The Hall–Kier alpha value is -1.79. The van der Waals surface area contributed by atoms with E-state index in [2.05, 4.69) is 22.4 Å². The fraction of sp³-hybridized carbons (Fsp3) is 0.417. The molecule has 1 fully saturated rings. The van der Waals surface area contributed by atoms with E-state index < -0.39 is 5.91 Å². The van der Waals surface area contributed by atoms with E-state index in [0.717, 1.165) is 26.2 Å². The van der Waals surface area contributed by atoms with Crippen LogP contribution in [0.2, 0.25) is 0 Å². The van der Waals surface area contributed by atoms with Crippen molar-refractivity contribution >= 4 is 17.3 Å². The van der Waals surface area contributed by atoms with Crippen molar-refractivity contribution in [3.05, 3.63) is 23.8 Å². The summed E-state index contributed by atoms with van der Waals surface area (Å²) in [5, 5.41) is 2.08. The first-order valence-corrected chi connectivity index (χ1v) is 5.96. The van der Waals surface area contributed by atoms with E-state index in [1.807, 2.05) is 0 Å². The van der Waals surface area contributed by atoms with Crippen molar-refractivity contribution in [2.24, 2.45) is 5.73 Å². The van der Waals surface area contributed by atoms with Gasteiger partial charge in [-0.15, -0.1) is 0 Å². The van der Waals surface area contributed by atoms with E-state index in [1.165, 1.54) is 0 Å². The highest BCUT2D eigenvalue weighted by molar-refractivity contribution is 5.99. The number of nitrogen functional groups attached to an aromatic ring is 1. The standard InChI is InChI=1S/C12H19N5O/c1-16-4-6-17(7-5-16)15-11-3-2-9(13)8-10(11)12(14)18/h2-3,8,15H,4-7,13H2,1H3,(H2,14,18). The highest BCUT2D eigenvalue weighted by Gasteiger charge is 2.16. The number of carbonyl (C=O) groups is 1. The van der Waals surface area contributed by atoms with E-state index in [9.17, 15) is 4.79 Å². The Balaban J connectivity index is 2.11. The minimum Gasteiger partial charge on any atom is -0.399 e. The molecular formula is C12H19N5O. The molecule has 98 valence electrons. The molecule has 1 aliphatic heterocycles. The summed E-state index contributed by atoms with van der Waals surface area (Å²) in [6.07, 6.45) is 0. The molecule has 0 aromatic heterocycles. The van der Waals surface area contributed by atoms with Crippen LogP contribution in [-0.4, -0.2) is 49.0 Å². The lowest BCUT2D eigenvalue weighted by atomic mass is 10.1. The lowest BCUT2D eigenvalue weighted by Gasteiger charge is -2.33. The summed E-state index contributed by atoms with van der Waals surface area (Å²) in [4.78, 5) is 13.6. The average Bonchev–Trinajstić information content (AvgIpc) is 2.34. The third-order valence-corrected chi connectivity index (χ3v) is 3.09. The molecule has 1 heterocycles. The van der Waals surface area contributed by atoms with E-state index in [-0.39, 0.29) is 0 Å². The number of likely N-dealkylation sites (N-methyl/N-ethyl adjacent to an activating group) is 1. The van der Waals surface area contributed by atoms with Crippen LogP contribution in [0.4, 0.5) is 11.4 Å². The largest absolute Gasteiger partial charge is 0.399 e. The zero-order chi connectivity index (χ0) is 13.1. The molecule has 0 atom stereocenters. The molecule has 0 saturated carbocycles. The van der Waals surface area contributed by atoms with Gasteiger partial charge in [-0.1, -0.05) is 0 Å². The van der Waals surface area contributed by atoms with E-state index in [0.29, 0.717) is 16.9 Å². The number of nitrogens with two attached hydrogens (primary N) is 2. The van der Waals surface area contributed by atoms with Gasteiger partial charge >= 0.3 is 0 Å². The normalized spacial score (nSPS) is 17.6. The van der Waals surface area contributed by atoms with Crippen LogP contribution in [0.15, 0.2) is 18.2 Å². The van der Waals surface area contributed by atoms with Gasteiger partial charge in [0.15, 0.2) is 0 Å². The van der Waals surface area contributed by atoms with Crippen molar-refractivity contribution in [1.82, 2.24) is 9.91 Å². The molecule has 0 unspecified atom stereocenters. The van der Waals surface area contributed by atoms with Gasteiger partial charge in [0.1, 0.15) is 0 Å². The number of rotatable bonds is 3. The molecule has 1 aliphatic rings. The second kappa shape index (κ2) is 5.24. The fourth-order valence-electron chi connectivity index (χ4n) is 1.95. The molecule has 0 radical (unpaired) electrons. The maximum absolute atomic E-state index is 11.4. The number of hydrogen-bond donors (Lipinski definition) is 3. The number of primary amides is 1. The van der Waals surface area contributed by atoms with Crippen molar-refractivity contribution < 1.29 is 4.79 Å². The van der Waals surface area contributed by atoms with E-state index in [4.69, 9.17) is 11.5 Å². The molecular weight excluding hydrogens is 230 g/mol. The number of benzene rings is 1. The molecule has 2 rings (SSSR count). The fourth-order valence-corrected chi connectivity index (χ4v) is 1.95. The summed E-state index contributed by atoms with van der Waals surface area (Å²) in [6, 6.07) is 5.14. The molecule has 0 bridgehead atoms. The molecule has 18 heavy (non-hydrogen) atoms. The van der Waals surface area contributed by atoms with Crippen LogP contribution in [0.25, 0.3) is 0 Å². The number of hydrogen-bond acceptors (Lipinski definition) is 5. The van der Waals surface area contributed by atoms with Gasteiger partial charge in [-0.25, -0.2) is 5.01 Å². The molecule has 6 heteroatoms. The van der Waals surface area contributed by atoms with Gasteiger partial charge in [-0.2, -0.15) is 0 Å². The summed E-state index contributed by atoms with van der Waals surface area (Å²) < 4.78 is 0. The van der Waals surface area contributed by atoms with Gasteiger partial charge in [-0.05, 0) is 25.2 Å². The van der Waals surface area contributed by atoms with Gasteiger partial charge in [0.25, 0.3) is 5.91 Å². The van der Waals surface area contributed by atoms with Crippen molar-refractivity contribution in [2.75, 3.05) is 44.4 Å². The smallest absolute Gasteiger partial charge is 0.250 e. The Bertz CT molecular complexity index is 440. The number of anilines is 2. The van der Waals surface area contributed by atoms with Gasteiger partial charge < -0.3 is 21.8 Å². The van der Waals surface area contributed by atoms with Crippen molar-refractivity contribution in [1.29, 1.82) is 0 Å². The van der Waals surface area contributed by atoms with Crippen LogP contribution in [0.5, 0.6) is 0 Å².